The van der Waals surface area contributed by atoms with Crippen LogP contribution in [0, 0.1) is 0 Å². The lowest BCUT2D eigenvalue weighted by atomic mass is 9.98. The molecule has 0 aliphatic rings. The zero-order chi connectivity index (χ0) is 12.1. The Morgan fingerprint density at radius 1 is 0.882 bits per heavy atom. The van der Waals surface area contributed by atoms with Crippen molar-refractivity contribution in [3.63, 3.8) is 0 Å². The van der Waals surface area contributed by atoms with E-state index in [0.29, 0.717) is 5.75 Å². The fourth-order valence-electron chi connectivity index (χ4n) is 2.11. The van der Waals surface area contributed by atoms with E-state index >= 15 is 0 Å². The Kier molecular flexibility index (Phi) is 3.81. The van der Waals surface area contributed by atoms with Crippen LogP contribution >= 0.6 is 0 Å². The highest BCUT2D eigenvalue weighted by atomic mass is 16.3. The smallest absolute Gasteiger partial charge is 0.115 e. The van der Waals surface area contributed by atoms with E-state index in [9.17, 15) is 5.11 Å². The molecule has 0 unspecified atom stereocenters. The molecule has 0 heterocycles. The lowest BCUT2D eigenvalue weighted by Crippen LogP contribution is -1.96. The minimum absolute atomic E-state index is 0.366. The van der Waals surface area contributed by atoms with Crippen LogP contribution in [0.15, 0.2) is 48.5 Å². The second-order valence-corrected chi connectivity index (χ2v) is 4.29. The topological polar surface area (TPSA) is 20.2 Å². The predicted octanol–water partition coefficient (Wildman–Crippen LogP) is 3.74. The van der Waals surface area contributed by atoms with Gasteiger partial charge in [0.2, 0.25) is 0 Å². The van der Waals surface area contributed by atoms with E-state index in [4.69, 9.17) is 0 Å². The minimum Gasteiger partial charge on any atom is -0.508 e. The molecule has 0 radical (unpaired) electrons. The van der Waals surface area contributed by atoms with E-state index in [0.717, 1.165) is 19.3 Å². The van der Waals surface area contributed by atoms with E-state index in [1.807, 2.05) is 18.2 Å². The van der Waals surface area contributed by atoms with Gasteiger partial charge in [-0.1, -0.05) is 43.3 Å². The van der Waals surface area contributed by atoms with Crippen LogP contribution in [0.4, 0.5) is 0 Å². The molecule has 1 N–H and O–H groups in total. The number of aryl methyl sites for hydroxylation is 3. The monoisotopic (exact) mass is 226 g/mol. The number of hydrogen-bond donors (Lipinski definition) is 1. The minimum atomic E-state index is 0.366. The molecule has 2 rings (SSSR count). The molecule has 0 spiro atoms. The van der Waals surface area contributed by atoms with Gasteiger partial charge in [-0.15, -0.1) is 0 Å². The third-order valence-corrected chi connectivity index (χ3v) is 3.10. The van der Waals surface area contributed by atoms with Crippen molar-refractivity contribution in [3.8, 4) is 5.75 Å². The van der Waals surface area contributed by atoms with Crippen molar-refractivity contribution in [3.05, 3.63) is 65.2 Å². The van der Waals surface area contributed by atoms with Crippen LogP contribution in [0.1, 0.15) is 23.6 Å². The van der Waals surface area contributed by atoms with Crippen molar-refractivity contribution in [2.24, 2.45) is 0 Å². The maximum atomic E-state index is 9.45. The van der Waals surface area contributed by atoms with Crippen LogP contribution in [0.25, 0.3) is 0 Å². The second kappa shape index (κ2) is 5.53. The molecular weight excluding hydrogens is 208 g/mol. The number of benzene rings is 2. The molecule has 0 aromatic heterocycles. The number of aromatic hydroxyl groups is 1. The summed E-state index contributed by atoms with van der Waals surface area (Å²) in [4.78, 5) is 0. The van der Waals surface area contributed by atoms with Gasteiger partial charge in [-0.2, -0.15) is 0 Å². The van der Waals surface area contributed by atoms with Crippen LogP contribution in [0.2, 0.25) is 0 Å². The molecule has 1 heteroatoms. The average molecular weight is 226 g/mol. The quantitative estimate of drug-likeness (QED) is 0.842. The summed E-state index contributed by atoms with van der Waals surface area (Å²) in [5.74, 6) is 0.366. The van der Waals surface area contributed by atoms with Gasteiger partial charge in [-0.05, 0) is 48.1 Å². The van der Waals surface area contributed by atoms with Gasteiger partial charge in [-0.25, -0.2) is 0 Å². The third kappa shape index (κ3) is 3.10. The van der Waals surface area contributed by atoms with Gasteiger partial charge >= 0.3 is 0 Å². The first kappa shape index (κ1) is 11.7. The SMILES string of the molecule is CCc1cc(O)ccc1CCc1ccccc1. The predicted molar refractivity (Wildman–Crippen MR) is 71.3 cm³/mol. The average Bonchev–Trinajstić information content (AvgIpc) is 2.38. The van der Waals surface area contributed by atoms with Crippen LogP contribution < -0.4 is 0 Å². The van der Waals surface area contributed by atoms with Gasteiger partial charge < -0.3 is 5.11 Å². The molecule has 0 bridgehead atoms. The fraction of sp³-hybridized carbons (Fsp3) is 0.250. The number of rotatable bonds is 4. The molecule has 2 aromatic carbocycles. The Labute approximate surface area is 103 Å². The van der Waals surface area contributed by atoms with Crippen molar-refractivity contribution in [1.29, 1.82) is 0 Å². The van der Waals surface area contributed by atoms with Crippen LogP contribution in [0.3, 0.4) is 0 Å². The summed E-state index contributed by atoms with van der Waals surface area (Å²) in [6, 6.07) is 16.2. The summed E-state index contributed by atoms with van der Waals surface area (Å²) in [6.45, 7) is 2.13. The third-order valence-electron chi connectivity index (χ3n) is 3.10. The van der Waals surface area contributed by atoms with Crippen molar-refractivity contribution in [2.75, 3.05) is 0 Å². The van der Waals surface area contributed by atoms with Crippen molar-refractivity contribution >= 4 is 0 Å². The Bertz CT molecular complexity index is 474. The molecule has 1 nitrogen and oxygen atoms in total. The summed E-state index contributed by atoms with van der Waals surface area (Å²) >= 11 is 0. The summed E-state index contributed by atoms with van der Waals surface area (Å²) in [5, 5.41) is 9.45. The standard InChI is InChI=1S/C16H18O/c1-2-14-12-16(17)11-10-15(14)9-8-13-6-4-3-5-7-13/h3-7,10-12,17H,2,8-9H2,1H3. The zero-order valence-electron chi connectivity index (χ0n) is 10.2. The number of phenolic OH excluding ortho intramolecular Hbond substituents is 1. The summed E-state index contributed by atoms with van der Waals surface area (Å²) in [6.07, 6.45) is 3.06. The lowest BCUT2D eigenvalue weighted by molar-refractivity contribution is 0.474. The van der Waals surface area contributed by atoms with Crippen molar-refractivity contribution in [2.45, 2.75) is 26.2 Å². The first-order chi connectivity index (χ1) is 8.29. The van der Waals surface area contributed by atoms with Crippen LogP contribution in [-0.4, -0.2) is 5.11 Å². The molecule has 0 fully saturated rings. The molecule has 17 heavy (non-hydrogen) atoms. The Balaban J connectivity index is 2.09. The normalized spacial score (nSPS) is 10.4. The van der Waals surface area contributed by atoms with Gasteiger partial charge in [0.15, 0.2) is 0 Å². The molecule has 2 aromatic rings. The van der Waals surface area contributed by atoms with E-state index in [1.165, 1.54) is 16.7 Å². The van der Waals surface area contributed by atoms with Gasteiger partial charge in [-0.3, -0.25) is 0 Å². The lowest BCUT2D eigenvalue weighted by Gasteiger charge is -2.08. The molecule has 0 saturated carbocycles. The van der Waals surface area contributed by atoms with Gasteiger partial charge in [0, 0.05) is 0 Å². The Morgan fingerprint density at radius 3 is 2.35 bits per heavy atom. The largest absolute Gasteiger partial charge is 0.508 e. The van der Waals surface area contributed by atoms with E-state index in [-0.39, 0.29) is 0 Å². The summed E-state index contributed by atoms with van der Waals surface area (Å²) in [7, 11) is 0. The molecule has 0 amide bonds. The molecule has 0 aliphatic heterocycles. The first-order valence-electron chi connectivity index (χ1n) is 6.14. The zero-order valence-corrected chi connectivity index (χ0v) is 10.2. The molecule has 88 valence electrons. The first-order valence-corrected chi connectivity index (χ1v) is 6.14. The van der Waals surface area contributed by atoms with Crippen molar-refractivity contribution < 1.29 is 5.11 Å². The van der Waals surface area contributed by atoms with E-state index in [2.05, 4.69) is 31.2 Å². The van der Waals surface area contributed by atoms with E-state index < -0.39 is 0 Å². The molecule has 0 atom stereocenters. The molecule has 0 aliphatic carbocycles. The van der Waals surface area contributed by atoms with Crippen LogP contribution in [-0.2, 0) is 19.3 Å². The maximum Gasteiger partial charge on any atom is 0.115 e. The summed E-state index contributed by atoms with van der Waals surface area (Å²) in [5.41, 5.74) is 3.96. The molecule has 0 saturated heterocycles. The number of hydrogen-bond acceptors (Lipinski definition) is 1. The summed E-state index contributed by atoms with van der Waals surface area (Å²) < 4.78 is 0. The second-order valence-electron chi connectivity index (χ2n) is 4.29. The highest BCUT2D eigenvalue weighted by molar-refractivity contribution is 5.35. The van der Waals surface area contributed by atoms with Gasteiger partial charge in [0.05, 0.1) is 0 Å². The highest BCUT2D eigenvalue weighted by Crippen LogP contribution is 2.19. The van der Waals surface area contributed by atoms with Gasteiger partial charge in [0.25, 0.3) is 0 Å². The number of phenols is 1. The Hall–Kier alpha value is -1.76. The van der Waals surface area contributed by atoms with Crippen molar-refractivity contribution in [1.82, 2.24) is 0 Å². The van der Waals surface area contributed by atoms with Gasteiger partial charge in [0.1, 0.15) is 5.75 Å². The van der Waals surface area contributed by atoms with E-state index in [1.54, 1.807) is 6.07 Å². The molecular formula is C16H18O. The van der Waals surface area contributed by atoms with Crippen LogP contribution in [0.5, 0.6) is 5.75 Å². The Morgan fingerprint density at radius 2 is 1.65 bits per heavy atom. The fourth-order valence-corrected chi connectivity index (χ4v) is 2.11. The highest BCUT2D eigenvalue weighted by Gasteiger charge is 2.02. The maximum absolute atomic E-state index is 9.45.